The van der Waals surface area contributed by atoms with E-state index in [-0.39, 0.29) is 77.4 Å². The summed E-state index contributed by atoms with van der Waals surface area (Å²) >= 11 is 9.54. The van der Waals surface area contributed by atoms with Gasteiger partial charge in [0, 0.05) is 54.8 Å². The van der Waals surface area contributed by atoms with E-state index in [0.29, 0.717) is 48.7 Å². The number of methoxy groups -OCH3 is 2. The Morgan fingerprint density at radius 1 is 0.879 bits per heavy atom. The van der Waals surface area contributed by atoms with Crippen molar-refractivity contribution < 1.29 is 57.9 Å². The van der Waals surface area contributed by atoms with Crippen LogP contribution in [0.1, 0.15) is 131 Å². The Morgan fingerprint density at radius 2 is 1.38 bits per heavy atom. The van der Waals surface area contributed by atoms with Crippen LogP contribution in [0, 0.1) is 11.8 Å². The maximum atomic E-state index is 12.3. The molecule has 0 aromatic heterocycles. The number of aryl methyl sites for hydroxylation is 2. The van der Waals surface area contributed by atoms with Crippen LogP contribution >= 0.6 is 98.4 Å². The molecule has 0 heterocycles. The first kappa shape index (κ1) is 62.2. The molecule has 4 rings (SSSR count). The third-order valence-corrected chi connectivity index (χ3v) is 9.40. The van der Waals surface area contributed by atoms with Gasteiger partial charge in [0.1, 0.15) is 34.1 Å². The molecular formula is C43H63I6O9-. The molecule has 2 aliphatic rings. The van der Waals surface area contributed by atoms with E-state index in [0.717, 1.165) is 50.2 Å². The molecule has 0 fully saturated rings. The van der Waals surface area contributed by atoms with Crippen molar-refractivity contribution in [1.29, 1.82) is 0 Å². The molecule has 0 amide bonds. The van der Waals surface area contributed by atoms with Crippen LogP contribution < -0.4 is 13.3 Å². The topological polar surface area (TPSA) is 154 Å². The number of allylic oxidation sites excluding steroid dienone is 5. The number of phenols is 4. The van der Waals surface area contributed by atoms with Gasteiger partial charge in [-0.2, -0.15) is 0 Å². The summed E-state index contributed by atoms with van der Waals surface area (Å²) in [6.45, 7) is 19.8. The van der Waals surface area contributed by atoms with Gasteiger partial charge in [0.2, 0.25) is 0 Å². The number of aliphatic hydroxyl groups is 1. The van der Waals surface area contributed by atoms with E-state index < -0.39 is 17.5 Å². The van der Waals surface area contributed by atoms with Crippen LogP contribution in [0.4, 0.5) is 0 Å². The summed E-state index contributed by atoms with van der Waals surface area (Å²) in [6.07, 6.45) is 12.5. The monoisotopic (exact) mass is 1480 g/mol. The van der Waals surface area contributed by atoms with Gasteiger partial charge in [0.05, 0.1) is 19.8 Å². The summed E-state index contributed by atoms with van der Waals surface area (Å²) in [6, 6.07) is 4.19. The zero-order chi connectivity index (χ0) is 43.3. The van der Waals surface area contributed by atoms with Crippen molar-refractivity contribution in [2.45, 2.75) is 112 Å². The predicted octanol–water partition coefficient (Wildman–Crippen LogP) is 10.8. The van der Waals surface area contributed by atoms with Crippen LogP contribution in [0.15, 0.2) is 66.3 Å². The van der Waals surface area contributed by atoms with Crippen molar-refractivity contribution in [3.63, 3.8) is 0 Å². The van der Waals surface area contributed by atoms with Crippen molar-refractivity contribution in [3.05, 3.63) is 94.1 Å². The van der Waals surface area contributed by atoms with E-state index in [2.05, 4.69) is 105 Å². The third-order valence-electron chi connectivity index (χ3n) is 9.40. The molecule has 0 bridgehead atoms. The number of halogens is 6. The van der Waals surface area contributed by atoms with Crippen LogP contribution in [-0.4, -0.2) is 57.3 Å². The molecule has 1 unspecified atom stereocenters. The molecule has 332 valence electrons. The molecular weight excluding hydrogens is 1420 g/mol. The number of aromatic hydroxyl groups is 4. The molecule has 0 spiro atoms. The Labute approximate surface area is 417 Å². The molecule has 2 aromatic carbocycles. The maximum absolute atomic E-state index is 12.3. The number of rotatable bonds is 9. The number of esters is 2. The van der Waals surface area contributed by atoms with E-state index in [9.17, 15) is 35.1 Å². The number of hydrogen-bond acceptors (Lipinski definition) is 9. The Morgan fingerprint density at radius 3 is 1.81 bits per heavy atom. The van der Waals surface area contributed by atoms with Gasteiger partial charge >= 0.3 is 62.4 Å². The molecule has 0 saturated carbocycles. The Bertz CT molecular complexity index is 1670. The SMILES string of the molecule is C.C=C(C)[C@@H]1CCC(C)=C[C@H]1c1c(O)cc(CCC)c(C(=O)OC)c1O.C=C(C)[C@H]1C=CC(C)(O)CC1.CCCc1cc(O)cc(O)c1C(=O)OC.I.II.I[I-]I. The first-order valence-corrected chi connectivity index (χ1v) is 36.9. The van der Waals surface area contributed by atoms with E-state index in [1.165, 1.54) is 31.4 Å². The molecule has 0 saturated heterocycles. The zero-order valence-electron chi connectivity index (χ0n) is 33.9. The summed E-state index contributed by atoms with van der Waals surface area (Å²) in [5.74, 6) is -1.22. The number of ether oxygens (including phenoxy) is 2. The summed E-state index contributed by atoms with van der Waals surface area (Å²) in [5, 5.41) is 49.9. The zero-order valence-corrected chi connectivity index (χ0v) is 47.1. The van der Waals surface area contributed by atoms with Crippen molar-refractivity contribution in [1.82, 2.24) is 0 Å². The Hall–Kier alpha value is -0.120. The average molecular weight is 1490 g/mol. The van der Waals surface area contributed by atoms with Gasteiger partial charge in [-0.3, -0.25) is 0 Å². The first-order chi connectivity index (χ1) is 26.3. The molecule has 15 heteroatoms. The number of hydrogen-bond donors (Lipinski definition) is 5. The standard InChI is InChI=1S/C21H28O4.C11H14O4.C10H16O.CH4.I3.I2.HI/c1-6-7-14-11-17(22)19(20(23)18(14)21(24)25-5)16-10-13(4)8-9-15(16)12(2)3;1-3-4-7-5-8(12)6-9(13)10(7)11(14)15-2;1-8(2)9-4-6-10(3,11)7-5-9;;1-3-2;1-2;/h10-11,15-16,22-23H,2,6-9H2,1,3-5H3;5-6,12-13H,3-4H2,1-2H3;4,6,9,11H,1,5,7H2,2-3H3;1H4;;;1H/q;;;;-1;;/t15-,16+;;9-,10?;;;;/m0.0..../s1. The molecule has 9 nitrogen and oxygen atoms in total. The van der Waals surface area contributed by atoms with Gasteiger partial charge in [-0.1, -0.05) is 82.2 Å². The van der Waals surface area contributed by atoms with Crippen LogP contribution in [0.3, 0.4) is 0 Å². The second-order valence-electron chi connectivity index (χ2n) is 14.0. The molecule has 2 aromatic rings. The van der Waals surface area contributed by atoms with Crippen molar-refractivity contribution in [2.75, 3.05) is 14.2 Å². The molecule has 0 aliphatic heterocycles. The van der Waals surface area contributed by atoms with Crippen molar-refractivity contribution >= 4 is 110 Å². The molecule has 0 radical (unpaired) electrons. The van der Waals surface area contributed by atoms with Crippen LogP contribution in [0.25, 0.3) is 0 Å². The Balaban J connectivity index is -0.000000784. The van der Waals surface area contributed by atoms with Crippen molar-refractivity contribution in [3.8, 4) is 23.0 Å². The van der Waals surface area contributed by atoms with Crippen LogP contribution in [-0.2, 0) is 22.3 Å². The summed E-state index contributed by atoms with van der Waals surface area (Å²) in [5.41, 5.74) is 4.73. The van der Waals surface area contributed by atoms with Gasteiger partial charge in [0.15, 0.2) is 0 Å². The molecule has 4 atom stereocenters. The molecule has 58 heavy (non-hydrogen) atoms. The summed E-state index contributed by atoms with van der Waals surface area (Å²) in [4.78, 5) is 23.6. The molecule has 2 aliphatic carbocycles. The van der Waals surface area contributed by atoms with Crippen molar-refractivity contribution in [2.24, 2.45) is 11.8 Å². The van der Waals surface area contributed by atoms with E-state index in [4.69, 9.17) is 4.74 Å². The van der Waals surface area contributed by atoms with E-state index >= 15 is 0 Å². The fraction of sp³-hybridized carbons (Fsp3) is 0.488. The number of carbonyl (C=O) groups is 2. The van der Waals surface area contributed by atoms with Crippen LogP contribution in [0.5, 0.6) is 23.0 Å². The van der Waals surface area contributed by atoms with E-state index in [1.54, 1.807) is 6.07 Å². The van der Waals surface area contributed by atoms with Gasteiger partial charge in [0.25, 0.3) is 0 Å². The Kier molecular flexibility index (Phi) is 34.9. The normalized spacial score (nSPS) is 18.8. The fourth-order valence-electron chi connectivity index (χ4n) is 6.59. The predicted molar refractivity (Wildman–Crippen MR) is 280 cm³/mol. The minimum absolute atomic E-state index is 0. The minimum atomic E-state index is -0.587. The van der Waals surface area contributed by atoms with Gasteiger partial charge in [-0.25, -0.2) is 9.59 Å². The average Bonchev–Trinajstić information content (AvgIpc) is 3.12. The molecule has 5 N–H and O–H groups in total. The van der Waals surface area contributed by atoms with Gasteiger partial charge < -0.3 is 35.0 Å². The van der Waals surface area contributed by atoms with Crippen LogP contribution in [0.2, 0.25) is 0 Å². The number of phenolic OH excluding ortho intramolecular Hbond substituents is 4. The first-order valence-electron chi connectivity index (χ1n) is 18.0. The number of benzene rings is 2. The second kappa shape index (κ2) is 32.5. The second-order valence-corrected chi connectivity index (χ2v) is 30.2. The summed E-state index contributed by atoms with van der Waals surface area (Å²) < 4.78 is 9.43. The number of carbonyl (C=O) groups excluding carboxylic acids is 2. The fourth-order valence-corrected chi connectivity index (χ4v) is 6.59. The van der Waals surface area contributed by atoms with Gasteiger partial charge in [-0.15, -0.1) is 24.0 Å². The summed E-state index contributed by atoms with van der Waals surface area (Å²) in [7, 11) is 2.55. The van der Waals surface area contributed by atoms with Gasteiger partial charge in [-0.05, 0) is 101 Å². The third kappa shape index (κ3) is 20.4. The quantitative estimate of drug-likeness (QED) is 0.0938. The van der Waals surface area contributed by atoms with E-state index in [1.807, 2.05) is 47.6 Å².